The molecule has 0 aliphatic heterocycles. The van der Waals surface area contributed by atoms with Gasteiger partial charge in [-0.25, -0.2) is 8.42 Å². The standard InChI is InChI=1S/C10H12BrClO3S/c1-2-16(14,15)10(11,12)9(13)8-6-4-3-5-7-8/h3-7,9,13H,2H2,1H3/t9-,10+/m1/s1. The number of rotatable bonds is 4. The van der Waals surface area contributed by atoms with Crippen molar-refractivity contribution in [1.82, 2.24) is 0 Å². The molecular formula is C10H12BrClO3S. The first kappa shape index (κ1) is 14.0. The van der Waals surface area contributed by atoms with E-state index in [9.17, 15) is 13.5 Å². The van der Waals surface area contributed by atoms with E-state index in [1.165, 1.54) is 6.92 Å². The van der Waals surface area contributed by atoms with Gasteiger partial charge in [0.15, 0.2) is 9.84 Å². The number of aliphatic hydroxyl groups is 1. The van der Waals surface area contributed by atoms with E-state index >= 15 is 0 Å². The molecule has 16 heavy (non-hydrogen) atoms. The highest BCUT2D eigenvalue weighted by Crippen LogP contribution is 2.42. The number of halogens is 2. The lowest BCUT2D eigenvalue weighted by atomic mass is 10.1. The lowest BCUT2D eigenvalue weighted by molar-refractivity contribution is 0.185. The fourth-order valence-corrected chi connectivity index (χ4v) is 3.46. The number of hydrogen-bond donors (Lipinski definition) is 1. The van der Waals surface area contributed by atoms with E-state index in [4.69, 9.17) is 11.6 Å². The van der Waals surface area contributed by atoms with E-state index in [0.29, 0.717) is 5.56 Å². The molecule has 1 aromatic rings. The average molecular weight is 328 g/mol. The minimum Gasteiger partial charge on any atom is -0.385 e. The average Bonchev–Trinajstić information content (AvgIpc) is 2.29. The molecule has 2 atom stereocenters. The number of alkyl halides is 2. The minimum absolute atomic E-state index is 0.147. The van der Waals surface area contributed by atoms with Gasteiger partial charge in [0.2, 0.25) is 3.12 Å². The predicted molar refractivity (Wildman–Crippen MR) is 68.4 cm³/mol. The van der Waals surface area contributed by atoms with Crippen LogP contribution in [0.15, 0.2) is 30.3 Å². The Kier molecular flexibility index (Phi) is 4.40. The smallest absolute Gasteiger partial charge is 0.229 e. The second-order valence-corrected chi connectivity index (χ2v) is 8.78. The Balaban J connectivity index is 3.11. The van der Waals surface area contributed by atoms with Crippen LogP contribution >= 0.6 is 27.5 Å². The quantitative estimate of drug-likeness (QED) is 0.864. The minimum atomic E-state index is -3.61. The monoisotopic (exact) mass is 326 g/mol. The Morgan fingerprint density at radius 1 is 1.44 bits per heavy atom. The molecule has 0 bridgehead atoms. The van der Waals surface area contributed by atoms with Crippen molar-refractivity contribution in [2.75, 3.05) is 5.75 Å². The van der Waals surface area contributed by atoms with Crippen molar-refractivity contribution in [3.8, 4) is 0 Å². The number of hydrogen-bond acceptors (Lipinski definition) is 3. The molecule has 0 spiro atoms. The maximum atomic E-state index is 11.7. The Morgan fingerprint density at radius 3 is 2.38 bits per heavy atom. The Bertz CT molecular complexity index is 444. The van der Waals surface area contributed by atoms with Crippen LogP contribution in [0.4, 0.5) is 0 Å². The van der Waals surface area contributed by atoms with Gasteiger partial charge >= 0.3 is 0 Å². The number of sulfone groups is 1. The maximum absolute atomic E-state index is 11.7. The zero-order valence-corrected chi connectivity index (χ0v) is 11.8. The third-order valence-electron chi connectivity index (χ3n) is 2.23. The fraction of sp³-hybridized carbons (Fsp3) is 0.400. The molecule has 1 N–H and O–H groups in total. The summed E-state index contributed by atoms with van der Waals surface area (Å²) in [6.07, 6.45) is -1.32. The largest absolute Gasteiger partial charge is 0.385 e. The molecule has 0 aromatic heterocycles. The van der Waals surface area contributed by atoms with Gasteiger partial charge in [0, 0.05) is 0 Å². The van der Waals surface area contributed by atoms with Gasteiger partial charge in [0.05, 0.1) is 5.75 Å². The summed E-state index contributed by atoms with van der Waals surface area (Å²) in [5, 5.41) is 9.96. The lowest BCUT2D eigenvalue weighted by Gasteiger charge is -2.25. The van der Waals surface area contributed by atoms with E-state index in [-0.39, 0.29) is 5.75 Å². The molecule has 6 heteroatoms. The van der Waals surface area contributed by atoms with Crippen LogP contribution in [0.5, 0.6) is 0 Å². The highest BCUT2D eigenvalue weighted by molar-refractivity contribution is 9.12. The van der Waals surface area contributed by atoms with E-state index in [2.05, 4.69) is 15.9 Å². The van der Waals surface area contributed by atoms with Crippen LogP contribution in [0.3, 0.4) is 0 Å². The highest BCUT2D eigenvalue weighted by atomic mass is 79.9. The predicted octanol–water partition coefficient (Wildman–Crippen LogP) is 2.44. The Labute approximate surface area is 108 Å². The van der Waals surface area contributed by atoms with E-state index in [1.54, 1.807) is 30.3 Å². The van der Waals surface area contributed by atoms with Crippen molar-refractivity contribution < 1.29 is 13.5 Å². The third-order valence-corrected chi connectivity index (χ3v) is 6.87. The Hall–Kier alpha value is -0.100. The van der Waals surface area contributed by atoms with Crippen molar-refractivity contribution in [2.24, 2.45) is 0 Å². The molecule has 0 fully saturated rings. The van der Waals surface area contributed by atoms with Crippen LogP contribution < -0.4 is 0 Å². The summed E-state index contributed by atoms with van der Waals surface area (Å²) in [5.74, 6) is -0.147. The first-order chi connectivity index (χ1) is 7.33. The molecule has 0 aliphatic rings. The summed E-state index contributed by atoms with van der Waals surface area (Å²) < 4.78 is 21.5. The summed E-state index contributed by atoms with van der Waals surface area (Å²) in [7, 11) is -3.61. The van der Waals surface area contributed by atoms with Crippen molar-refractivity contribution in [1.29, 1.82) is 0 Å². The molecule has 1 rings (SSSR count). The van der Waals surface area contributed by atoms with Crippen molar-refractivity contribution in [3.05, 3.63) is 35.9 Å². The number of benzene rings is 1. The molecule has 0 saturated carbocycles. The zero-order chi connectivity index (χ0) is 12.4. The highest BCUT2D eigenvalue weighted by Gasteiger charge is 2.45. The second kappa shape index (κ2) is 5.04. The van der Waals surface area contributed by atoms with E-state index < -0.39 is 19.1 Å². The summed E-state index contributed by atoms with van der Waals surface area (Å²) >= 11 is 8.79. The maximum Gasteiger partial charge on any atom is 0.229 e. The summed E-state index contributed by atoms with van der Waals surface area (Å²) in [6, 6.07) is 8.42. The van der Waals surface area contributed by atoms with Gasteiger partial charge in [-0.05, 0) is 21.5 Å². The first-order valence-corrected chi connectivity index (χ1v) is 7.48. The van der Waals surface area contributed by atoms with Gasteiger partial charge in [-0.3, -0.25) is 0 Å². The number of aliphatic hydroxyl groups excluding tert-OH is 1. The van der Waals surface area contributed by atoms with Crippen molar-refractivity contribution in [2.45, 2.75) is 16.1 Å². The van der Waals surface area contributed by atoms with Crippen LogP contribution in [0, 0.1) is 0 Å². The van der Waals surface area contributed by atoms with Crippen LogP contribution in [-0.4, -0.2) is 22.4 Å². The molecule has 0 aliphatic carbocycles. The van der Waals surface area contributed by atoms with Crippen molar-refractivity contribution in [3.63, 3.8) is 0 Å². The summed E-state index contributed by atoms with van der Waals surface area (Å²) in [4.78, 5) is 0. The first-order valence-electron chi connectivity index (χ1n) is 4.66. The normalized spacial score (nSPS) is 17.8. The molecule has 0 unspecified atom stereocenters. The molecule has 0 heterocycles. The van der Waals surface area contributed by atoms with Gasteiger partial charge < -0.3 is 5.11 Å². The van der Waals surface area contributed by atoms with Crippen LogP contribution in [0.1, 0.15) is 18.6 Å². The van der Waals surface area contributed by atoms with Gasteiger partial charge in [0.25, 0.3) is 0 Å². The zero-order valence-electron chi connectivity index (χ0n) is 8.60. The van der Waals surface area contributed by atoms with E-state index in [0.717, 1.165) is 0 Å². The molecule has 0 amide bonds. The fourth-order valence-electron chi connectivity index (χ4n) is 1.19. The third kappa shape index (κ3) is 2.59. The lowest BCUT2D eigenvalue weighted by Crippen LogP contribution is -2.34. The van der Waals surface area contributed by atoms with Gasteiger partial charge in [0.1, 0.15) is 6.10 Å². The topological polar surface area (TPSA) is 54.4 Å². The van der Waals surface area contributed by atoms with Crippen LogP contribution in [0.2, 0.25) is 0 Å². The van der Waals surface area contributed by atoms with Crippen LogP contribution in [0.25, 0.3) is 0 Å². The van der Waals surface area contributed by atoms with E-state index in [1.807, 2.05) is 0 Å². The second-order valence-electron chi connectivity index (χ2n) is 3.28. The molecule has 0 radical (unpaired) electrons. The molecule has 0 saturated heterocycles. The van der Waals surface area contributed by atoms with Gasteiger partial charge in [-0.15, -0.1) is 0 Å². The SMILES string of the molecule is CCS(=O)(=O)[C@](Cl)(Br)[C@H](O)c1ccccc1. The summed E-state index contributed by atoms with van der Waals surface area (Å²) in [5.41, 5.74) is 0.450. The van der Waals surface area contributed by atoms with Gasteiger partial charge in [-0.2, -0.15) is 0 Å². The van der Waals surface area contributed by atoms with Gasteiger partial charge in [-0.1, -0.05) is 48.9 Å². The molecule has 3 nitrogen and oxygen atoms in total. The molecule has 90 valence electrons. The van der Waals surface area contributed by atoms with Crippen molar-refractivity contribution >= 4 is 37.4 Å². The summed E-state index contributed by atoms with van der Waals surface area (Å²) in [6.45, 7) is 1.48. The van der Waals surface area contributed by atoms with Crippen LogP contribution in [-0.2, 0) is 9.84 Å². The molecule has 1 aromatic carbocycles. The molecular weight excluding hydrogens is 316 g/mol. The Morgan fingerprint density at radius 2 is 1.94 bits per heavy atom.